The maximum Gasteiger partial charge on any atom is 0.164 e. The highest BCUT2D eigenvalue weighted by molar-refractivity contribution is 9.10. The van der Waals surface area contributed by atoms with Crippen molar-refractivity contribution < 1.29 is 5.11 Å². The van der Waals surface area contributed by atoms with Crippen LogP contribution < -0.4 is 0 Å². The topological polar surface area (TPSA) is 50.4 Å². The molecule has 0 spiro atoms. The molecule has 3 rings (SSSR count). The minimum absolute atomic E-state index is 0.194. The van der Waals surface area contributed by atoms with E-state index in [1.807, 2.05) is 22.6 Å². The summed E-state index contributed by atoms with van der Waals surface area (Å²) in [6.45, 7) is 0. The summed E-state index contributed by atoms with van der Waals surface area (Å²) in [5, 5.41) is 9.53. The van der Waals surface area contributed by atoms with Crippen LogP contribution in [0.25, 0.3) is 17.0 Å². The maximum atomic E-state index is 9.53. The maximum absolute atomic E-state index is 9.53. The van der Waals surface area contributed by atoms with Gasteiger partial charge in [-0.1, -0.05) is 6.07 Å². The molecule has 0 fully saturated rings. The van der Waals surface area contributed by atoms with Gasteiger partial charge in [0.15, 0.2) is 5.82 Å². The number of aromatic hydroxyl groups is 1. The van der Waals surface area contributed by atoms with Crippen molar-refractivity contribution in [2.45, 2.75) is 0 Å². The third-order valence-corrected chi connectivity index (χ3v) is 3.05. The van der Waals surface area contributed by atoms with Crippen molar-refractivity contribution in [3.05, 3.63) is 47.3 Å². The Balaban J connectivity index is 2.34. The van der Waals surface area contributed by atoms with Gasteiger partial charge >= 0.3 is 0 Å². The van der Waals surface area contributed by atoms with Crippen LogP contribution in [0.15, 0.2) is 47.3 Å². The highest BCUT2D eigenvalue weighted by atomic mass is 79.9. The van der Waals surface area contributed by atoms with Crippen molar-refractivity contribution in [3.8, 4) is 17.3 Å². The van der Waals surface area contributed by atoms with Gasteiger partial charge in [-0.3, -0.25) is 9.38 Å². The van der Waals surface area contributed by atoms with Crippen LogP contribution in [-0.4, -0.2) is 19.5 Å². The number of hydrogen-bond acceptors (Lipinski definition) is 3. The van der Waals surface area contributed by atoms with Gasteiger partial charge in [-0.05, 0) is 40.2 Å². The fourth-order valence-corrected chi connectivity index (χ4v) is 2.20. The van der Waals surface area contributed by atoms with Crippen LogP contribution >= 0.6 is 15.9 Å². The minimum Gasteiger partial charge on any atom is -0.506 e. The van der Waals surface area contributed by atoms with Crippen molar-refractivity contribution in [3.63, 3.8) is 0 Å². The molecule has 0 amide bonds. The summed E-state index contributed by atoms with van der Waals surface area (Å²) in [6.07, 6.45) is 3.34. The number of pyridine rings is 2. The summed E-state index contributed by atoms with van der Waals surface area (Å²) in [5.41, 5.74) is 1.65. The molecule has 0 aliphatic heterocycles. The van der Waals surface area contributed by atoms with Crippen molar-refractivity contribution in [1.29, 1.82) is 0 Å². The Labute approximate surface area is 106 Å². The molecule has 0 unspecified atom stereocenters. The fraction of sp³-hybridized carbons (Fsp3) is 0. The highest BCUT2D eigenvalue weighted by Crippen LogP contribution is 2.26. The molecule has 1 N–H and O–H groups in total. The second-order valence-corrected chi connectivity index (χ2v) is 4.33. The third kappa shape index (κ3) is 1.68. The number of rotatable bonds is 1. The van der Waals surface area contributed by atoms with E-state index in [4.69, 9.17) is 0 Å². The fourth-order valence-electron chi connectivity index (χ4n) is 1.71. The molecule has 84 valence electrons. The van der Waals surface area contributed by atoms with E-state index < -0.39 is 0 Å². The van der Waals surface area contributed by atoms with Crippen molar-refractivity contribution in [2.75, 3.05) is 0 Å². The van der Waals surface area contributed by atoms with Crippen molar-refractivity contribution >= 4 is 21.4 Å². The summed E-state index contributed by atoms with van der Waals surface area (Å²) in [4.78, 5) is 8.66. The van der Waals surface area contributed by atoms with Crippen LogP contribution in [0.2, 0.25) is 0 Å². The molecule has 0 bridgehead atoms. The van der Waals surface area contributed by atoms with E-state index in [1.165, 1.54) is 0 Å². The number of fused-ring (bicyclic) bond motifs is 1. The Hall–Kier alpha value is -1.88. The molecular weight excluding hydrogens is 282 g/mol. The van der Waals surface area contributed by atoms with Gasteiger partial charge in [-0.2, -0.15) is 0 Å². The van der Waals surface area contributed by atoms with Crippen molar-refractivity contribution in [2.24, 2.45) is 0 Å². The lowest BCUT2D eigenvalue weighted by Crippen LogP contribution is -1.90. The Bertz CT molecular complexity index is 679. The zero-order valence-corrected chi connectivity index (χ0v) is 10.3. The molecule has 5 heteroatoms. The van der Waals surface area contributed by atoms with Crippen molar-refractivity contribution in [1.82, 2.24) is 14.4 Å². The average Bonchev–Trinajstić information content (AvgIpc) is 2.67. The van der Waals surface area contributed by atoms with Gasteiger partial charge in [0.1, 0.15) is 16.0 Å². The quantitative estimate of drug-likeness (QED) is 0.749. The summed E-state index contributed by atoms with van der Waals surface area (Å²) in [7, 11) is 0. The first kappa shape index (κ1) is 10.3. The smallest absolute Gasteiger partial charge is 0.164 e. The summed E-state index contributed by atoms with van der Waals surface area (Å²) >= 11 is 3.40. The molecule has 4 nitrogen and oxygen atoms in total. The Morgan fingerprint density at radius 3 is 2.82 bits per heavy atom. The number of aromatic nitrogens is 3. The predicted octanol–water partition coefficient (Wildman–Crippen LogP) is 2.86. The SMILES string of the molecule is Oc1ccc2c(Br)nc(-c3ccccn3)n2c1. The lowest BCUT2D eigenvalue weighted by molar-refractivity contribution is 0.472. The van der Waals surface area contributed by atoms with E-state index >= 15 is 0 Å². The zero-order valence-electron chi connectivity index (χ0n) is 8.71. The molecule has 0 saturated carbocycles. The number of imidazole rings is 1. The first-order chi connectivity index (χ1) is 8.25. The standard InChI is InChI=1S/C12H8BrN3O/c13-11-10-5-4-8(17)7-16(10)12(15-11)9-3-1-2-6-14-9/h1-7,17H. The minimum atomic E-state index is 0.194. The third-order valence-electron chi connectivity index (χ3n) is 2.47. The van der Waals surface area contributed by atoms with E-state index in [2.05, 4.69) is 25.9 Å². The van der Waals surface area contributed by atoms with Gasteiger partial charge in [0.2, 0.25) is 0 Å². The van der Waals surface area contributed by atoms with Crippen LogP contribution in [0.4, 0.5) is 0 Å². The highest BCUT2D eigenvalue weighted by Gasteiger charge is 2.11. The Morgan fingerprint density at radius 2 is 2.06 bits per heavy atom. The summed E-state index contributed by atoms with van der Waals surface area (Å²) in [5.74, 6) is 0.892. The Morgan fingerprint density at radius 1 is 1.18 bits per heavy atom. The first-order valence-electron chi connectivity index (χ1n) is 5.04. The van der Waals surface area contributed by atoms with Gasteiger partial charge in [0.25, 0.3) is 0 Å². The molecule has 3 aromatic heterocycles. The Kier molecular flexibility index (Phi) is 2.33. The molecular formula is C12H8BrN3O. The van der Waals surface area contributed by atoms with Crippen LogP contribution in [0.5, 0.6) is 5.75 Å². The van der Waals surface area contributed by atoms with Gasteiger partial charge in [-0.15, -0.1) is 0 Å². The average molecular weight is 290 g/mol. The lowest BCUT2D eigenvalue weighted by Gasteiger charge is -2.00. The van der Waals surface area contributed by atoms with Crippen LogP contribution in [0, 0.1) is 0 Å². The van der Waals surface area contributed by atoms with Gasteiger partial charge in [0.05, 0.1) is 11.7 Å². The summed E-state index contributed by atoms with van der Waals surface area (Å²) in [6, 6.07) is 9.07. The van der Waals surface area contributed by atoms with Crippen LogP contribution in [0.3, 0.4) is 0 Å². The van der Waals surface area contributed by atoms with Crippen LogP contribution in [0.1, 0.15) is 0 Å². The van der Waals surface area contributed by atoms with Crippen LogP contribution in [-0.2, 0) is 0 Å². The number of halogens is 1. The number of hydrogen-bond donors (Lipinski definition) is 1. The molecule has 17 heavy (non-hydrogen) atoms. The second kappa shape index (κ2) is 3.85. The van der Waals surface area contributed by atoms with Gasteiger partial charge < -0.3 is 5.11 Å². The second-order valence-electron chi connectivity index (χ2n) is 3.58. The van der Waals surface area contributed by atoms with E-state index in [-0.39, 0.29) is 5.75 Å². The van der Waals surface area contributed by atoms with E-state index in [1.54, 1.807) is 24.5 Å². The molecule has 0 aliphatic carbocycles. The molecule has 0 radical (unpaired) electrons. The monoisotopic (exact) mass is 289 g/mol. The molecule has 0 aliphatic rings. The van der Waals surface area contributed by atoms with Gasteiger partial charge in [-0.25, -0.2) is 4.98 Å². The van der Waals surface area contributed by atoms with E-state index in [0.29, 0.717) is 5.82 Å². The van der Waals surface area contributed by atoms with E-state index in [9.17, 15) is 5.11 Å². The summed E-state index contributed by atoms with van der Waals surface area (Å²) < 4.78 is 2.54. The van der Waals surface area contributed by atoms with Gasteiger partial charge in [0, 0.05) is 6.20 Å². The largest absolute Gasteiger partial charge is 0.506 e. The predicted molar refractivity (Wildman–Crippen MR) is 67.8 cm³/mol. The molecule has 0 saturated heterocycles. The normalized spacial score (nSPS) is 10.9. The lowest BCUT2D eigenvalue weighted by atomic mass is 10.3. The first-order valence-corrected chi connectivity index (χ1v) is 5.83. The molecule has 0 aromatic carbocycles. The van der Waals surface area contributed by atoms with E-state index in [0.717, 1.165) is 15.8 Å². The molecule has 3 heterocycles. The molecule has 0 atom stereocenters. The molecule has 3 aromatic rings. The number of nitrogens with zero attached hydrogens (tertiary/aromatic N) is 3. The zero-order chi connectivity index (χ0) is 11.8.